The Morgan fingerprint density at radius 1 is 1.44 bits per heavy atom. The molecule has 0 N–H and O–H groups in total. The Bertz CT molecular complexity index is 217. The van der Waals surface area contributed by atoms with E-state index in [1.807, 2.05) is 6.08 Å². The second-order valence-electron chi connectivity index (χ2n) is 4.25. The SMILES string of the molecule is C#CCN(C)CCCC(C[CH2])N(C)CC=C. The van der Waals surface area contributed by atoms with Crippen molar-refractivity contribution in [2.45, 2.75) is 25.3 Å². The zero-order chi connectivity index (χ0) is 12.4. The molecule has 0 heterocycles. The minimum atomic E-state index is 0.553. The van der Waals surface area contributed by atoms with E-state index in [4.69, 9.17) is 6.42 Å². The van der Waals surface area contributed by atoms with Gasteiger partial charge in [0.05, 0.1) is 6.54 Å². The molecular weight excluding hydrogens is 196 g/mol. The van der Waals surface area contributed by atoms with Crippen molar-refractivity contribution in [1.82, 2.24) is 9.80 Å². The molecule has 0 saturated carbocycles. The molecule has 0 aromatic carbocycles. The summed E-state index contributed by atoms with van der Waals surface area (Å²) in [6.45, 7) is 10.5. The van der Waals surface area contributed by atoms with Crippen LogP contribution in [0.15, 0.2) is 12.7 Å². The Labute approximate surface area is 101 Å². The zero-order valence-corrected chi connectivity index (χ0v) is 10.8. The zero-order valence-electron chi connectivity index (χ0n) is 10.8. The largest absolute Gasteiger partial charge is 0.300 e. The van der Waals surface area contributed by atoms with Crippen LogP contribution in [-0.4, -0.2) is 49.6 Å². The third-order valence-corrected chi connectivity index (χ3v) is 2.81. The Morgan fingerprint density at radius 2 is 2.12 bits per heavy atom. The van der Waals surface area contributed by atoms with Crippen molar-refractivity contribution in [1.29, 1.82) is 0 Å². The number of hydrogen-bond acceptors (Lipinski definition) is 2. The van der Waals surface area contributed by atoms with Gasteiger partial charge in [0.1, 0.15) is 0 Å². The van der Waals surface area contributed by atoms with Crippen molar-refractivity contribution in [2.24, 2.45) is 0 Å². The molecule has 91 valence electrons. The fourth-order valence-electron chi connectivity index (χ4n) is 1.77. The van der Waals surface area contributed by atoms with E-state index in [2.05, 4.69) is 43.3 Å². The molecule has 0 amide bonds. The van der Waals surface area contributed by atoms with Crippen molar-refractivity contribution >= 4 is 0 Å². The number of terminal acetylenes is 1. The van der Waals surface area contributed by atoms with Gasteiger partial charge < -0.3 is 0 Å². The van der Waals surface area contributed by atoms with Gasteiger partial charge in [0, 0.05) is 12.6 Å². The normalized spacial score (nSPS) is 12.8. The molecular formula is C14H25N2. The van der Waals surface area contributed by atoms with Crippen LogP contribution >= 0.6 is 0 Å². The molecule has 2 nitrogen and oxygen atoms in total. The quantitative estimate of drug-likeness (QED) is 0.434. The molecule has 1 radical (unpaired) electrons. The minimum absolute atomic E-state index is 0.553. The standard InChI is InChI=1S/C14H25N2/c1-6-11-15(4)13-9-10-14(8-3)16(5)12-7-2/h1,7,14H,2-3,8-13H2,4-5H3. The number of rotatable bonds is 9. The average molecular weight is 221 g/mol. The fourth-order valence-corrected chi connectivity index (χ4v) is 1.77. The first-order valence-electron chi connectivity index (χ1n) is 5.88. The lowest BCUT2D eigenvalue weighted by Gasteiger charge is -2.26. The minimum Gasteiger partial charge on any atom is -0.300 e. The van der Waals surface area contributed by atoms with Gasteiger partial charge in [-0.05, 0) is 39.9 Å². The summed E-state index contributed by atoms with van der Waals surface area (Å²) in [7, 11) is 4.19. The van der Waals surface area contributed by atoms with Crippen LogP contribution in [0, 0.1) is 19.3 Å². The first kappa shape index (κ1) is 15.2. The predicted molar refractivity (Wildman–Crippen MR) is 72.2 cm³/mol. The average Bonchev–Trinajstić information content (AvgIpc) is 2.25. The molecule has 0 bridgehead atoms. The van der Waals surface area contributed by atoms with Crippen LogP contribution in [0.4, 0.5) is 0 Å². The molecule has 0 saturated heterocycles. The van der Waals surface area contributed by atoms with Crippen molar-refractivity contribution in [3.05, 3.63) is 19.6 Å². The lowest BCUT2D eigenvalue weighted by molar-refractivity contribution is 0.239. The highest BCUT2D eigenvalue weighted by Gasteiger charge is 2.11. The van der Waals surface area contributed by atoms with Gasteiger partial charge in [-0.2, -0.15) is 0 Å². The predicted octanol–water partition coefficient (Wildman–Crippen LogP) is 2.04. The summed E-state index contributed by atoms with van der Waals surface area (Å²) < 4.78 is 0. The first-order chi connectivity index (χ1) is 7.65. The molecule has 0 spiro atoms. The highest BCUT2D eigenvalue weighted by atomic mass is 15.1. The van der Waals surface area contributed by atoms with Crippen molar-refractivity contribution < 1.29 is 0 Å². The molecule has 0 aromatic rings. The third kappa shape index (κ3) is 6.66. The van der Waals surface area contributed by atoms with E-state index in [9.17, 15) is 0 Å². The van der Waals surface area contributed by atoms with Gasteiger partial charge in [-0.25, -0.2) is 0 Å². The summed E-state index contributed by atoms with van der Waals surface area (Å²) >= 11 is 0. The summed E-state index contributed by atoms with van der Waals surface area (Å²) in [6.07, 6.45) is 10.5. The van der Waals surface area contributed by atoms with Gasteiger partial charge in [-0.3, -0.25) is 9.80 Å². The number of hydrogen-bond donors (Lipinski definition) is 0. The van der Waals surface area contributed by atoms with Crippen molar-refractivity contribution in [3.8, 4) is 12.3 Å². The molecule has 0 aromatic heterocycles. The summed E-state index contributed by atoms with van der Waals surface area (Å²) in [5.41, 5.74) is 0. The van der Waals surface area contributed by atoms with Gasteiger partial charge in [-0.15, -0.1) is 13.0 Å². The van der Waals surface area contributed by atoms with Gasteiger partial charge in [0.15, 0.2) is 0 Å². The van der Waals surface area contributed by atoms with E-state index in [1.54, 1.807) is 0 Å². The lowest BCUT2D eigenvalue weighted by Crippen LogP contribution is -2.32. The maximum Gasteiger partial charge on any atom is 0.0596 e. The van der Waals surface area contributed by atoms with E-state index in [0.717, 1.165) is 26.1 Å². The summed E-state index contributed by atoms with van der Waals surface area (Å²) in [4.78, 5) is 4.48. The summed E-state index contributed by atoms with van der Waals surface area (Å²) in [6, 6.07) is 0.553. The molecule has 1 atom stereocenters. The van der Waals surface area contributed by atoms with E-state index < -0.39 is 0 Å². The van der Waals surface area contributed by atoms with Crippen LogP contribution in [0.1, 0.15) is 19.3 Å². The van der Waals surface area contributed by atoms with Crippen LogP contribution in [0.25, 0.3) is 0 Å². The highest BCUT2D eigenvalue weighted by Crippen LogP contribution is 2.09. The van der Waals surface area contributed by atoms with Crippen LogP contribution in [0.5, 0.6) is 0 Å². The van der Waals surface area contributed by atoms with Gasteiger partial charge in [-0.1, -0.05) is 18.9 Å². The first-order valence-corrected chi connectivity index (χ1v) is 5.88. The molecule has 2 heteroatoms. The summed E-state index contributed by atoms with van der Waals surface area (Å²) in [5.74, 6) is 2.65. The van der Waals surface area contributed by atoms with Gasteiger partial charge in [0.2, 0.25) is 0 Å². The second-order valence-corrected chi connectivity index (χ2v) is 4.25. The van der Waals surface area contributed by atoms with Crippen molar-refractivity contribution in [3.63, 3.8) is 0 Å². The Kier molecular flexibility index (Phi) is 8.99. The number of nitrogens with zero attached hydrogens (tertiary/aromatic N) is 2. The van der Waals surface area contributed by atoms with E-state index >= 15 is 0 Å². The van der Waals surface area contributed by atoms with Crippen LogP contribution in [0.3, 0.4) is 0 Å². The molecule has 16 heavy (non-hydrogen) atoms. The molecule has 0 aliphatic heterocycles. The van der Waals surface area contributed by atoms with E-state index in [-0.39, 0.29) is 0 Å². The monoisotopic (exact) mass is 221 g/mol. The molecule has 0 fully saturated rings. The molecule has 0 rings (SSSR count). The van der Waals surface area contributed by atoms with Gasteiger partial charge in [0.25, 0.3) is 0 Å². The van der Waals surface area contributed by atoms with Crippen LogP contribution in [0.2, 0.25) is 0 Å². The fraction of sp³-hybridized carbons (Fsp3) is 0.643. The molecule has 0 aliphatic rings. The Morgan fingerprint density at radius 3 is 2.62 bits per heavy atom. The Hall–Kier alpha value is -0.780. The van der Waals surface area contributed by atoms with Crippen molar-refractivity contribution in [2.75, 3.05) is 33.7 Å². The Balaban J connectivity index is 3.78. The van der Waals surface area contributed by atoms with E-state index in [0.29, 0.717) is 6.04 Å². The smallest absolute Gasteiger partial charge is 0.0596 e. The third-order valence-electron chi connectivity index (χ3n) is 2.81. The van der Waals surface area contributed by atoms with Crippen LogP contribution < -0.4 is 0 Å². The van der Waals surface area contributed by atoms with E-state index in [1.165, 1.54) is 12.8 Å². The molecule has 0 aliphatic carbocycles. The summed E-state index contributed by atoms with van der Waals surface area (Å²) in [5, 5.41) is 0. The van der Waals surface area contributed by atoms with Crippen LogP contribution in [-0.2, 0) is 0 Å². The maximum atomic E-state index is 5.25. The lowest BCUT2D eigenvalue weighted by atomic mass is 10.1. The molecule has 1 unspecified atom stereocenters. The van der Waals surface area contributed by atoms with Gasteiger partial charge >= 0.3 is 0 Å². The second kappa shape index (κ2) is 9.45. The highest BCUT2D eigenvalue weighted by molar-refractivity contribution is 4.87. The topological polar surface area (TPSA) is 6.48 Å². The maximum absolute atomic E-state index is 5.25. The number of likely N-dealkylation sites (N-methyl/N-ethyl adjacent to an activating group) is 1.